The number of primary amides is 1. The van der Waals surface area contributed by atoms with Gasteiger partial charge in [-0.3, -0.25) is 62.4 Å². The molecule has 1 fully saturated rings. The van der Waals surface area contributed by atoms with E-state index in [9.17, 15) is 66.0 Å². The minimum Gasteiger partial charge on any atom is -0.481 e. The van der Waals surface area contributed by atoms with Gasteiger partial charge in [0.15, 0.2) is 0 Å². The van der Waals surface area contributed by atoms with E-state index in [2.05, 4.69) is 42.7 Å². The normalized spacial score (nSPS) is 15.9. The van der Waals surface area contributed by atoms with Gasteiger partial charge < -0.3 is 72.1 Å². The number of hydrogen-bond donors (Lipinski definition) is 11. The molecule has 1 aliphatic rings. The van der Waals surface area contributed by atoms with E-state index < -0.39 is 118 Å². The van der Waals surface area contributed by atoms with Crippen molar-refractivity contribution in [3.8, 4) is 5.75 Å². The Morgan fingerprint density at radius 1 is 0.663 bits per heavy atom. The minimum absolute atomic E-state index is 0.0186. The van der Waals surface area contributed by atoms with E-state index in [1.807, 2.05) is 65.3 Å². The maximum Gasteiger partial charge on any atom is 0.412 e. The summed E-state index contributed by atoms with van der Waals surface area (Å²) in [7, 11) is 4.12. The zero-order chi connectivity index (χ0) is 78.1. The molecule has 2 aromatic rings. The lowest BCUT2D eigenvalue weighted by Gasteiger charge is -2.41. The van der Waals surface area contributed by atoms with Gasteiger partial charge in [-0.05, 0) is 118 Å². The van der Waals surface area contributed by atoms with Crippen LogP contribution in [-0.2, 0) is 85.3 Å². The van der Waals surface area contributed by atoms with Gasteiger partial charge in [0.25, 0.3) is 5.91 Å². The van der Waals surface area contributed by atoms with Crippen molar-refractivity contribution in [1.82, 2.24) is 56.8 Å². The largest absolute Gasteiger partial charge is 0.481 e. The third kappa shape index (κ3) is 31.0. The van der Waals surface area contributed by atoms with Crippen molar-refractivity contribution in [2.24, 2.45) is 35.3 Å². The van der Waals surface area contributed by atoms with Crippen LogP contribution in [0.2, 0.25) is 0 Å². The second kappa shape index (κ2) is 45.0. The third-order valence-electron chi connectivity index (χ3n) is 18.1. The molecular weight excluding hydrogens is 1370 g/mol. The number of carbonyl (C=O) groups is 12. The number of hydroxylamine groups is 1. The number of rotatable bonds is 46. The first kappa shape index (κ1) is 89.7. The highest BCUT2D eigenvalue weighted by Crippen LogP contribution is 2.30. The van der Waals surface area contributed by atoms with Crippen molar-refractivity contribution in [2.75, 3.05) is 66.6 Å². The summed E-state index contributed by atoms with van der Waals surface area (Å²) in [6.07, 6.45) is 1.52. The highest BCUT2D eigenvalue weighted by atomic mass is 32.2. The van der Waals surface area contributed by atoms with Crippen molar-refractivity contribution in [1.29, 1.82) is 0 Å². The number of carboxylic acid groups (broad SMARTS) is 1. The number of carbonyl (C=O) groups excluding carboxylic acids is 11. The number of nitrogens with zero attached hydrogens (tertiary/aromatic N) is 3. The topological polar surface area (TPSA) is 440 Å². The number of likely N-dealkylation sites (tertiary alicyclic amines) is 1. The molecule has 12 amide bonds. The van der Waals surface area contributed by atoms with E-state index in [1.54, 1.807) is 74.0 Å². The van der Waals surface area contributed by atoms with Crippen molar-refractivity contribution in [2.45, 2.75) is 213 Å². The summed E-state index contributed by atoms with van der Waals surface area (Å²) >= 11 is 0. The first-order chi connectivity index (χ1) is 48.9. The van der Waals surface area contributed by atoms with Crippen LogP contribution in [0.15, 0.2) is 48.5 Å². The maximum atomic E-state index is 14.5. The number of nitrogens with one attached hydrogen (secondary N) is 9. The number of hydrogen-bond acceptors (Lipinski definition) is 19. The number of urea groups is 1. The molecule has 1 aliphatic heterocycles. The molecule has 32 nitrogen and oxygen atoms in total. The van der Waals surface area contributed by atoms with Crippen LogP contribution in [0, 0.1) is 29.6 Å². The number of anilines is 1. The van der Waals surface area contributed by atoms with Crippen LogP contribution < -0.4 is 57.9 Å². The van der Waals surface area contributed by atoms with Gasteiger partial charge in [0.1, 0.15) is 29.9 Å². The molecule has 11 atom stereocenters. The maximum absolute atomic E-state index is 14.5. The Kier molecular flexibility index (Phi) is 38.8. The first-order valence-electron chi connectivity index (χ1n) is 35.5. The second-order valence-electron chi connectivity index (χ2n) is 27.8. The highest BCUT2D eigenvalue weighted by molar-refractivity contribution is 7.89. The van der Waals surface area contributed by atoms with E-state index in [-0.39, 0.29) is 124 Å². The average molecular weight is 1490 g/mol. The Hall–Kier alpha value is -8.53. The lowest BCUT2D eigenvalue weighted by molar-refractivity contribution is -0.148. The molecular formula is C71H115N13O19S. The lowest BCUT2D eigenvalue weighted by atomic mass is 9.89. The molecule has 2 unspecified atom stereocenters. The standard InChI is InChI=1S/C71H115N13O19S/c1-16-45(8)62(83(12)69(95)60(43(4)5)79-68(94)61(44(6)7)82(10)11)54(100-13)40-57(87)84-38-22-24-53(84)63(101-14)46(9)64(90)77-52(66(92)81-104(15,98)99)39-47-30-34-50(35-31-47)103-71(97)74-36-19-17-18-25-56(86)80-102-41-48-28-32-49(33-29-48)75-65(91)51(23-21-37-73-70(72)96)76-67(93)59(42(2)3)78-55(85)26-20-27-58(88)89/h28-35,42-46,51-54,59-63H,16-27,36-41H2,1-15H3,(H,74,97)(H,75,91)(H,76,93)(H,77,90)(H,78,85)(H,79,94)(H,80,86)(H,81,92)(H,88,89)(H3,72,73,96)/t45-,46+,51-,52-,53-,54+,59?,60-,61?,62-,63+/m0/s1. The fourth-order valence-electron chi connectivity index (χ4n) is 12.4. The molecule has 1 saturated heterocycles. The number of amides is 12. The first-order valence-corrected chi connectivity index (χ1v) is 37.4. The van der Waals surface area contributed by atoms with Crippen molar-refractivity contribution in [3.63, 3.8) is 0 Å². The van der Waals surface area contributed by atoms with Gasteiger partial charge in [0.05, 0.1) is 55.5 Å². The Bertz CT molecular complexity index is 3260. The number of unbranched alkanes of at least 4 members (excludes halogenated alkanes) is 2. The summed E-state index contributed by atoms with van der Waals surface area (Å²) in [6, 6.07) is 5.70. The van der Waals surface area contributed by atoms with Gasteiger partial charge in [-0.1, -0.05) is 99.4 Å². The predicted molar refractivity (Wildman–Crippen MR) is 388 cm³/mol. The van der Waals surface area contributed by atoms with Crippen LogP contribution in [-0.4, -0.2) is 215 Å². The summed E-state index contributed by atoms with van der Waals surface area (Å²) in [6.45, 7) is 17.2. The summed E-state index contributed by atoms with van der Waals surface area (Å²) in [5.74, 6) is -7.38. The van der Waals surface area contributed by atoms with Gasteiger partial charge in [-0.15, -0.1) is 0 Å². The number of sulfonamides is 1. The van der Waals surface area contributed by atoms with E-state index in [0.717, 1.165) is 6.26 Å². The number of benzene rings is 2. The number of likely N-dealkylation sites (N-methyl/N-ethyl adjacent to an activating group) is 2. The third-order valence-corrected chi connectivity index (χ3v) is 18.7. The van der Waals surface area contributed by atoms with Crippen LogP contribution in [0.5, 0.6) is 5.75 Å². The van der Waals surface area contributed by atoms with Crippen LogP contribution >= 0.6 is 0 Å². The zero-order valence-electron chi connectivity index (χ0n) is 63.1. The molecule has 0 aliphatic carbocycles. The molecule has 33 heteroatoms. The number of carboxylic acids is 1. The Morgan fingerprint density at radius 2 is 1.28 bits per heavy atom. The Balaban J connectivity index is 1.54. The van der Waals surface area contributed by atoms with E-state index in [4.69, 9.17) is 29.9 Å². The number of aliphatic carboxylic acids is 1. The molecule has 12 N–H and O–H groups in total. The molecule has 0 saturated carbocycles. The quantitative estimate of drug-likeness (QED) is 0.0333. The van der Waals surface area contributed by atoms with Crippen LogP contribution in [0.3, 0.4) is 0 Å². The fourth-order valence-corrected chi connectivity index (χ4v) is 12.9. The number of ether oxygens (including phenoxy) is 3. The van der Waals surface area contributed by atoms with Gasteiger partial charge in [-0.25, -0.2) is 23.5 Å². The average Bonchev–Trinajstić information content (AvgIpc) is 1.82. The molecule has 2 aromatic carbocycles. The van der Waals surface area contributed by atoms with E-state index >= 15 is 0 Å². The number of methoxy groups -OCH3 is 2. The molecule has 0 spiro atoms. The summed E-state index contributed by atoms with van der Waals surface area (Å²) < 4.78 is 44.1. The summed E-state index contributed by atoms with van der Waals surface area (Å²) in [5.41, 5.74) is 9.04. The lowest BCUT2D eigenvalue weighted by Crippen LogP contribution is -2.59. The zero-order valence-corrected chi connectivity index (χ0v) is 63.9. The second-order valence-corrected chi connectivity index (χ2v) is 29.5. The van der Waals surface area contributed by atoms with Gasteiger partial charge in [0, 0.05) is 72.3 Å². The SMILES string of the molecule is CC[C@H](C)[C@@H]([C@@H](CC(=O)N1CCC[C@H]1[C@H](OC)[C@@H](C)C(=O)N[C@@H](Cc1ccc(OC(=O)NCCCCCC(=O)NOCc2ccc(NC(=O)[C@H](CCCNC(N)=O)NC(=O)C(NC(=O)CCCC(=O)O)C(C)C)cc2)cc1)C(=O)NS(C)(=O)=O)OC)N(C)C(=O)[C@@H](NC(=O)C(C(C)C)N(C)C)C(C)C. The Morgan fingerprint density at radius 3 is 1.85 bits per heavy atom. The Labute approximate surface area is 611 Å². The predicted octanol–water partition coefficient (Wildman–Crippen LogP) is 3.60. The molecule has 0 aromatic heterocycles. The molecule has 104 heavy (non-hydrogen) atoms. The fraction of sp³-hybridized carbons (Fsp3) is 0.662. The van der Waals surface area contributed by atoms with E-state index in [0.29, 0.717) is 61.9 Å². The molecule has 1 heterocycles. The monoisotopic (exact) mass is 1490 g/mol. The molecule has 0 radical (unpaired) electrons. The van der Waals surface area contributed by atoms with Gasteiger partial charge in [-0.2, -0.15) is 0 Å². The summed E-state index contributed by atoms with van der Waals surface area (Å²) in [5, 5.41) is 27.7. The van der Waals surface area contributed by atoms with Gasteiger partial charge in [0.2, 0.25) is 57.3 Å². The smallest absolute Gasteiger partial charge is 0.412 e. The van der Waals surface area contributed by atoms with Crippen LogP contribution in [0.4, 0.5) is 15.3 Å². The van der Waals surface area contributed by atoms with Crippen molar-refractivity contribution >= 4 is 87.0 Å². The van der Waals surface area contributed by atoms with Crippen molar-refractivity contribution < 1.29 is 90.1 Å². The molecule has 584 valence electrons. The van der Waals surface area contributed by atoms with Gasteiger partial charge >= 0.3 is 18.1 Å². The van der Waals surface area contributed by atoms with Crippen molar-refractivity contribution in [3.05, 3.63) is 59.7 Å². The molecule has 3 rings (SSSR count). The molecule has 0 bridgehead atoms. The minimum atomic E-state index is -4.09. The van der Waals surface area contributed by atoms with Crippen LogP contribution in [0.1, 0.15) is 157 Å². The van der Waals surface area contributed by atoms with E-state index in [1.165, 1.54) is 26.4 Å². The van der Waals surface area contributed by atoms with Crippen LogP contribution in [0.25, 0.3) is 0 Å². The summed E-state index contributed by atoms with van der Waals surface area (Å²) in [4.78, 5) is 168. The number of nitrogens with two attached hydrogens (primary N) is 1. The highest BCUT2D eigenvalue weighted by Gasteiger charge is 2.44.